The van der Waals surface area contributed by atoms with Crippen LogP contribution in [0.15, 0.2) is 0 Å². The van der Waals surface area contributed by atoms with E-state index in [-0.39, 0.29) is 24.2 Å². The number of carbonyl (C=O) groups is 2. The van der Waals surface area contributed by atoms with Crippen LogP contribution in [-0.2, 0) is 9.59 Å². The predicted molar refractivity (Wildman–Crippen MR) is 76.6 cm³/mol. The van der Waals surface area contributed by atoms with Gasteiger partial charge in [0.2, 0.25) is 11.8 Å². The molecule has 0 atom stereocenters. The van der Waals surface area contributed by atoms with Gasteiger partial charge in [0.1, 0.15) is 6.42 Å². The number of piperidine rings is 1. The van der Waals surface area contributed by atoms with Gasteiger partial charge in [-0.25, -0.2) is 0 Å². The summed E-state index contributed by atoms with van der Waals surface area (Å²) in [6.07, 6.45) is 3.53. The first-order chi connectivity index (χ1) is 9.62. The summed E-state index contributed by atoms with van der Waals surface area (Å²) in [5.41, 5.74) is 0. The van der Waals surface area contributed by atoms with E-state index in [0.29, 0.717) is 25.6 Å². The summed E-state index contributed by atoms with van der Waals surface area (Å²) in [5, 5.41) is 11.5. The van der Waals surface area contributed by atoms with E-state index in [4.69, 9.17) is 5.26 Å². The van der Waals surface area contributed by atoms with Crippen LogP contribution in [0.4, 0.5) is 0 Å². The molecule has 1 aliphatic rings. The maximum absolute atomic E-state index is 11.9. The molecule has 1 heterocycles. The van der Waals surface area contributed by atoms with Gasteiger partial charge in [-0.2, -0.15) is 5.26 Å². The molecule has 2 amide bonds. The first-order valence-electron chi connectivity index (χ1n) is 7.54. The fourth-order valence-electron chi connectivity index (χ4n) is 2.61. The van der Waals surface area contributed by atoms with Crippen LogP contribution in [-0.4, -0.2) is 36.3 Å². The van der Waals surface area contributed by atoms with Gasteiger partial charge in [-0.05, 0) is 31.6 Å². The van der Waals surface area contributed by atoms with Crippen LogP contribution in [0.5, 0.6) is 0 Å². The molecular weight excluding hydrogens is 254 g/mol. The molecule has 1 rings (SSSR count). The quantitative estimate of drug-likeness (QED) is 0.804. The Hall–Kier alpha value is -1.57. The van der Waals surface area contributed by atoms with Crippen molar-refractivity contribution < 1.29 is 9.59 Å². The molecule has 5 nitrogen and oxygen atoms in total. The highest BCUT2D eigenvalue weighted by atomic mass is 16.2. The first kappa shape index (κ1) is 16.5. The van der Waals surface area contributed by atoms with E-state index in [9.17, 15) is 9.59 Å². The van der Waals surface area contributed by atoms with Gasteiger partial charge in [0, 0.05) is 25.6 Å². The number of nitriles is 1. The fourth-order valence-corrected chi connectivity index (χ4v) is 2.61. The maximum atomic E-state index is 11.9. The van der Waals surface area contributed by atoms with Crippen LogP contribution < -0.4 is 5.32 Å². The van der Waals surface area contributed by atoms with Crippen LogP contribution in [0.3, 0.4) is 0 Å². The third-order valence-electron chi connectivity index (χ3n) is 4.12. The van der Waals surface area contributed by atoms with Crippen molar-refractivity contribution >= 4 is 11.8 Å². The summed E-state index contributed by atoms with van der Waals surface area (Å²) < 4.78 is 0. The van der Waals surface area contributed by atoms with Gasteiger partial charge in [0.25, 0.3) is 0 Å². The Kier molecular flexibility index (Phi) is 7.06. The predicted octanol–water partition coefficient (Wildman–Crippen LogP) is 1.69. The van der Waals surface area contributed by atoms with Gasteiger partial charge in [0.05, 0.1) is 6.07 Å². The molecule has 0 spiro atoms. The molecule has 0 radical (unpaired) electrons. The zero-order valence-electron chi connectivity index (χ0n) is 12.5. The average Bonchev–Trinajstić information content (AvgIpc) is 2.47. The van der Waals surface area contributed by atoms with E-state index >= 15 is 0 Å². The Morgan fingerprint density at radius 3 is 2.40 bits per heavy atom. The molecule has 1 aliphatic heterocycles. The van der Waals surface area contributed by atoms with Gasteiger partial charge in [-0.15, -0.1) is 0 Å². The van der Waals surface area contributed by atoms with Crippen molar-refractivity contribution in [3.8, 4) is 6.07 Å². The van der Waals surface area contributed by atoms with E-state index in [2.05, 4.69) is 5.32 Å². The number of hydrogen-bond acceptors (Lipinski definition) is 3. The minimum atomic E-state index is -0.0768. The molecule has 0 aromatic rings. The lowest BCUT2D eigenvalue weighted by Crippen LogP contribution is -2.42. The van der Waals surface area contributed by atoms with Crippen LogP contribution in [0.1, 0.15) is 46.0 Å². The van der Waals surface area contributed by atoms with Crippen molar-refractivity contribution in [3.63, 3.8) is 0 Å². The van der Waals surface area contributed by atoms with E-state index < -0.39 is 0 Å². The fraction of sp³-hybridized carbons (Fsp3) is 0.800. The zero-order valence-corrected chi connectivity index (χ0v) is 12.5. The number of nitrogens with zero attached hydrogens (tertiary/aromatic N) is 2. The third-order valence-corrected chi connectivity index (χ3v) is 4.12. The van der Waals surface area contributed by atoms with Crippen LogP contribution in [0, 0.1) is 23.2 Å². The summed E-state index contributed by atoms with van der Waals surface area (Å²) in [6, 6.07) is 1.89. The molecule has 1 fully saturated rings. The number of amides is 2. The van der Waals surface area contributed by atoms with Crippen molar-refractivity contribution in [2.75, 3.05) is 19.6 Å². The van der Waals surface area contributed by atoms with Crippen molar-refractivity contribution in [1.82, 2.24) is 10.2 Å². The molecule has 0 unspecified atom stereocenters. The van der Waals surface area contributed by atoms with E-state index in [1.807, 2.05) is 19.9 Å². The second-order valence-corrected chi connectivity index (χ2v) is 5.42. The highest BCUT2D eigenvalue weighted by Crippen LogP contribution is 2.17. The summed E-state index contributed by atoms with van der Waals surface area (Å²) in [7, 11) is 0. The molecular formula is C15H25N3O2. The van der Waals surface area contributed by atoms with Gasteiger partial charge in [0.15, 0.2) is 0 Å². The Labute approximate surface area is 121 Å². The van der Waals surface area contributed by atoms with Crippen molar-refractivity contribution in [1.29, 1.82) is 5.26 Å². The molecule has 20 heavy (non-hydrogen) atoms. The van der Waals surface area contributed by atoms with Crippen LogP contribution in [0.2, 0.25) is 0 Å². The smallest absolute Gasteiger partial charge is 0.236 e. The number of rotatable bonds is 6. The van der Waals surface area contributed by atoms with Gasteiger partial charge in [-0.1, -0.05) is 13.8 Å². The highest BCUT2D eigenvalue weighted by Gasteiger charge is 2.23. The van der Waals surface area contributed by atoms with Crippen molar-refractivity contribution in [2.45, 2.75) is 46.0 Å². The topological polar surface area (TPSA) is 73.2 Å². The minimum Gasteiger partial charge on any atom is -0.356 e. The molecule has 1 saturated heterocycles. The molecule has 0 aromatic heterocycles. The lowest BCUT2D eigenvalue weighted by atomic mass is 9.95. The SMILES string of the molecule is CCC(CC)C(=O)NCC1CCN(C(=O)CC#N)CC1. The van der Waals surface area contributed by atoms with Crippen molar-refractivity contribution in [3.05, 3.63) is 0 Å². The summed E-state index contributed by atoms with van der Waals surface area (Å²) in [6.45, 7) is 6.17. The maximum Gasteiger partial charge on any atom is 0.236 e. The van der Waals surface area contributed by atoms with E-state index in [0.717, 1.165) is 25.7 Å². The third kappa shape index (κ3) is 4.84. The second-order valence-electron chi connectivity index (χ2n) is 5.42. The van der Waals surface area contributed by atoms with Crippen LogP contribution >= 0.6 is 0 Å². The molecule has 0 saturated carbocycles. The average molecular weight is 279 g/mol. The normalized spacial score (nSPS) is 16.0. The first-order valence-corrected chi connectivity index (χ1v) is 7.54. The summed E-state index contributed by atoms with van der Waals surface area (Å²) in [5.74, 6) is 0.636. The lowest BCUT2D eigenvalue weighted by Gasteiger charge is -2.31. The molecule has 0 bridgehead atoms. The molecule has 0 aliphatic carbocycles. The Morgan fingerprint density at radius 2 is 1.90 bits per heavy atom. The lowest BCUT2D eigenvalue weighted by molar-refractivity contribution is -0.132. The summed E-state index contributed by atoms with van der Waals surface area (Å²) >= 11 is 0. The molecule has 1 N–H and O–H groups in total. The highest BCUT2D eigenvalue weighted by molar-refractivity contribution is 5.79. The minimum absolute atomic E-state index is 0.0317. The molecule has 5 heteroatoms. The Bertz CT molecular complexity index is 364. The van der Waals surface area contributed by atoms with Crippen LogP contribution in [0.25, 0.3) is 0 Å². The van der Waals surface area contributed by atoms with Gasteiger partial charge < -0.3 is 10.2 Å². The Morgan fingerprint density at radius 1 is 1.30 bits per heavy atom. The number of carbonyl (C=O) groups excluding carboxylic acids is 2. The number of hydrogen-bond donors (Lipinski definition) is 1. The molecule has 0 aromatic carbocycles. The summed E-state index contributed by atoms with van der Waals surface area (Å²) in [4.78, 5) is 25.2. The number of likely N-dealkylation sites (tertiary alicyclic amines) is 1. The monoisotopic (exact) mass is 279 g/mol. The number of nitrogens with one attached hydrogen (secondary N) is 1. The van der Waals surface area contributed by atoms with Gasteiger partial charge >= 0.3 is 0 Å². The largest absolute Gasteiger partial charge is 0.356 e. The van der Waals surface area contributed by atoms with E-state index in [1.54, 1.807) is 4.90 Å². The van der Waals surface area contributed by atoms with Crippen molar-refractivity contribution in [2.24, 2.45) is 11.8 Å². The zero-order chi connectivity index (χ0) is 15.0. The van der Waals surface area contributed by atoms with E-state index in [1.165, 1.54) is 0 Å². The second kappa shape index (κ2) is 8.57. The standard InChI is InChI=1S/C15H25N3O2/c1-3-13(4-2)15(20)17-11-12-6-9-18(10-7-12)14(19)5-8-16/h12-13H,3-7,9-11H2,1-2H3,(H,17,20). The Balaban J connectivity index is 2.28. The van der Waals surface area contributed by atoms with Gasteiger partial charge in [-0.3, -0.25) is 9.59 Å². The molecule has 112 valence electrons.